The molecular weight excluding hydrogens is 244 g/mol. The van der Waals surface area contributed by atoms with Crippen molar-refractivity contribution in [2.75, 3.05) is 39.2 Å². The lowest BCUT2D eigenvalue weighted by Crippen LogP contribution is -2.24. The van der Waals surface area contributed by atoms with Gasteiger partial charge in [0.15, 0.2) is 0 Å². The minimum absolute atomic E-state index is 0.0335. The van der Waals surface area contributed by atoms with E-state index in [1.165, 1.54) is 0 Å². The van der Waals surface area contributed by atoms with Crippen LogP contribution in [0.4, 0.5) is 5.69 Å². The van der Waals surface area contributed by atoms with Crippen molar-refractivity contribution in [2.45, 2.75) is 13.3 Å². The van der Waals surface area contributed by atoms with Gasteiger partial charge in [-0.25, -0.2) is 0 Å². The molecule has 0 bridgehead atoms. The number of carbonyl (C=O) groups excluding carboxylic acids is 1. The molecule has 0 saturated carbocycles. The van der Waals surface area contributed by atoms with E-state index in [9.17, 15) is 4.79 Å². The van der Waals surface area contributed by atoms with Gasteiger partial charge in [0.1, 0.15) is 5.75 Å². The molecule has 0 atom stereocenters. The first-order valence-electron chi connectivity index (χ1n) is 6.31. The Labute approximate surface area is 114 Å². The number of aryl methyl sites for hydroxylation is 1. The molecule has 2 N–H and O–H groups in total. The average molecular weight is 266 g/mol. The molecule has 1 aromatic rings. The van der Waals surface area contributed by atoms with Crippen LogP contribution in [-0.4, -0.2) is 39.8 Å². The monoisotopic (exact) mass is 266 g/mol. The third-order valence-corrected chi connectivity index (χ3v) is 2.64. The summed E-state index contributed by atoms with van der Waals surface area (Å²) in [7, 11) is 3.24. The van der Waals surface area contributed by atoms with Gasteiger partial charge < -0.3 is 20.1 Å². The Bertz CT molecular complexity index is 408. The van der Waals surface area contributed by atoms with Gasteiger partial charge in [-0.2, -0.15) is 0 Å². The van der Waals surface area contributed by atoms with Gasteiger partial charge in [-0.1, -0.05) is 6.07 Å². The Morgan fingerprint density at radius 1 is 1.26 bits per heavy atom. The number of ether oxygens (including phenoxy) is 2. The molecule has 0 radical (unpaired) electrons. The van der Waals surface area contributed by atoms with Gasteiger partial charge in [0.25, 0.3) is 0 Å². The number of hydrogen-bond donors (Lipinski definition) is 2. The number of anilines is 1. The molecule has 1 amide bonds. The van der Waals surface area contributed by atoms with Crippen LogP contribution in [0, 0.1) is 6.92 Å². The molecular formula is C14H22N2O3. The molecule has 0 aromatic heterocycles. The van der Waals surface area contributed by atoms with Gasteiger partial charge in [0, 0.05) is 26.6 Å². The highest BCUT2D eigenvalue weighted by atomic mass is 16.5. The summed E-state index contributed by atoms with van der Waals surface area (Å²) in [5, 5.41) is 5.98. The van der Waals surface area contributed by atoms with Crippen LogP contribution >= 0.6 is 0 Å². The van der Waals surface area contributed by atoms with Crippen molar-refractivity contribution in [3.63, 3.8) is 0 Å². The van der Waals surface area contributed by atoms with Crippen molar-refractivity contribution in [1.29, 1.82) is 0 Å². The standard InChI is InChI=1S/C14H22N2O3/c1-11-4-5-13(19-3)12(10-11)16-14(17)6-7-15-8-9-18-2/h4-5,10,15H,6-9H2,1-3H3,(H,16,17). The summed E-state index contributed by atoms with van der Waals surface area (Å²) < 4.78 is 10.1. The quantitative estimate of drug-likeness (QED) is 0.701. The van der Waals surface area contributed by atoms with Crippen LogP contribution in [-0.2, 0) is 9.53 Å². The number of rotatable bonds is 8. The summed E-state index contributed by atoms with van der Waals surface area (Å²) in [6.45, 7) is 4.00. The summed E-state index contributed by atoms with van der Waals surface area (Å²) in [5.74, 6) is 0.639. The fourth-order valence-electron chi connectivity index (χ4n) is 1.63. The summed E-state index contributed by atoms with van der Waals surface area (Å²) in [4.78, 5) is 11.8. The first-order chi connectivity index (χ1) is 9.17. The number of carbonyl (C=O) groups is 1. The van der Waals surface area contributed by atoms with E-state index >= 15 is 0 Å². The van der Waals surface area contributed by atoms with E-state index < -0.39 is 0 Å². The number of nitrogens with one attached hydrogen (secondary N) is 2. The van der Waals surface area contributed by atoms with Gasteiger partial charge in [-0.05, 0) is 24.6 Å². The molecule has 0 aliphatic carbocycles. The molecule has 5 nitrogen and oxygen atoms in total. The average Bonchev–Trinajstić information content (AvgIpc) is 2.39. The van der Waals surface area contributed by atoms with Gasteiger partial charge in [-0.15, -0.1) is 0 Å². The molecule has 1 aromatic carbocycles. The van der Waals surface area contributed by atoms with Crippen LogP contribution in [0.5, 0.6) is 5.75 Å². The minimum Gasteiger partial charge on any atom is -0.495 e. The first-order valence-corrected chi connectivity index (χ1v) is 6.31. The molecule has 106 valence electrons. The van der Waals surface area contributed by atoms with Crippen LogP contribution in [0.2, 0.25) is 0 Å². The van der Waals surface area contributed by atoms with Crippen LogP contribution in [0.25, 0.3) is 0 Å². The van der Waals surface area contributed by atoms with E-state index in [1.54, 1.807) is 14.2 Å². The van der Waals surface area contributed by atoms with E-state index in [0.717, 1.165) is 12.1 Å². The maximum absolute atomic E-state index is 11.8. The highest BCUT2D eigenvalue weighted by molar-refractivity contribution is 5.92. The molecule has 0 unspecified atom stereocenters. The van der Waals surface area contributed by atoms with E-state index in [0.29, 0.717) is 31.0 Å². The second-order valence-electron chi connectivity index (χ2n) is 4.24. The fourth-order valence-corrected chi connectivity index (χ4v) is 1.63. The number of benzene rings is 1. The molecule has 0 aliphatic heterocycles. The van der Waals surface area contributed by atoms with E-state index in [2.05, 4.69) is 10.6 Å². The second-order valence-corrected chi connectivity index (χ2v) is 4.24. The highest BCUT2D eigenvalue weighted by Crippen LogP contribution is 2.25. The molecule has 0 saturated heterocycles. The Morgan fingerprint density at radius 2 is 2.05 bits per heavy atom. The lowest BCUT2D eigenvalue weighted by molar-refractivity contribution is -0.116. The van der Waals surface area contributed by atoms with E-state index in [-0.39, 0.29) is 5.91 Å². The van der Waals surface area contributed by atoms with Crippen LogP contribution in [0.3, 0.4) is 0 Å². The first kappa shape index (κ1) is 15.5. The molecule has 0 fully saturated rings. The smallest absolute Gasteiger partial charge is 0.225 e. The van der Waals surface area contributed by atoms with Crippen molar-refractivity contribution in [1.82, 2.24) is 5.32 Å². The Kier molecular flexibility index (Phi) is 6.92. The van der Waals surface area contributed by atoms with Crippen molar-refractivity contribution < 1.29 is 14.3 Å². The van der Waals surface area contributed by atoms with Crippen LogP contribution in [0.1, 0.15) is 12.0 Å². The lowest BCUT2D eigenvalue weighted by Gasteiger charge is -2.11. The Balaban J connectivity index is 2.41. The molecule has 5 heteroatoms. The van der Waals surface area contributed by atoms with Gasteiger partial charge in [-0.3, -0.25) is 4.79 Å². The predicted octanol–water partition coefficient (Wildman–Crippen LogP) is 1.57. The molecule has 1 rings (SSSR count). The zero-order valence-corrected chi connectivity index (χ0v) is 11.8. The SMILES string of the molecule is COCCNCCC(=O)Nc1cc(C)ccc1OC. The fraction of sp³-hybridized carbons (Fsp3) is 0.500. The lowest BCUT2D eigenvalue weighted by atomic mass is 10.2. The van der Waals surface area contributed by atoms with Crippen molar-refractivity contribution in [2.24, 2.45) is 0 Å². The highest BCUT2D eigenvalue weighted by Gasteiger charge is 2.07. The maximum Gasteiger partial charge on any atom is 0.225 e. The summed E-state index contributed by atoms with van der Waals surface area (Å²) in [6.07, 6.45) is 0.417. The summed E-state index contributed by atoms with van der Waals surface area (Å²) in [6, 6.07) is 5.69. The number of methoxy groups -OCH3 is 2. The third-order valence-electron chi connectivity index (χ3n) is 2.64. The zero-order valence-electron chi connectivity index (χ0n) is 11.8. The topological polar surface area (TPSA) is 59.6 Å². The summed E-state index contributed by atoms with van der Waals surface area (Å²) >= 11 is 0. The predicted molar refractivity (Wildman–Crippen MR) is 75.7 cm³/mol. The Morgan fingerprint density at radius 3 is 2.74 bits per heavy atom. The minimum atomic E-state index is -0.0335. The maximum atomic E-state index is 11.8. The Hall–Kier alpha value is -1.59. The molecule has 0 heterocycles. The molecule has 19 heavy (non-hydrogen) atoms. The van der Waals surface area contributed by atoms with E-state index in [1.807, 2.05) is 25.1 Å². The van der Waals surface area contributed by atoms with Gasteiger partial charge in [0.05, 0.1) is 19.4 Å². The summed E-state index contributed by atoms with van der Waals surface area (Å²) in [5.41, 5.74) is 1.79. The largest absolute Gasteiger partial charge is 0.495 e. The van der Waals surface area contributed by atoms with Gasteiger partial charge >= 0.3 is 0 Å². The van der Waals surface area contributed by atoms with Crippen LogP contribution < -0.4 is 15.4 Å². The molecule has 0 spiro atoms. The third kappa shape index (κ3) is 5.72. The number of hydrogen-bond acceptors (Lipinski definition) is 4. The van der Waals surface area contributed by atoms with Crippen molar-refractivity contribution >= 4 is 11.6 Å². The normalized spacial score (nSPS) is 10.3. The van der Waals surface area contributed by atoms with E-state index in [4.69, 9.17) is 9.47 Å². The van der Waals surface area contributed by atoms with Crippen LogP contribution in [0.15, 0.2) is 18.2 Å². The number of amides is 1. The second kappa shape index (κ2) is 8.50. The van der Waals surface area contributed by atoms with Crippen molar-refractivity contribution in [3.8, 4) is 5.75 Å². The zero-order chi connectivity index (χ0) is 14.1. The van der Waals surface area contributed by atoms with Crippen molar-refractivity contribution in [3.05, 3.63) is 23.8 Å². The molecule has 0 aliphatic rings. The van der Waals surface area contributed by atoms with Gasteiger partial charge in [0.2, 0.25) is 5.91 Å².